The van der Waals surface area contributed by atoms with Crippen LogP contribution in [0.1, 0.15) is 140 Å². The first-order chi connectivity index (χ1) is 25.6. The minimum absolute atomic E-state index is 0.0500. The fourth-order valence-corrected chi connectivity index (χ4v) is 5.34. The number of carbonyl (C=O) groups excluding carboxylic acids is 6. The number of amides is 4. The molecule has 1 aromatic carbocycles. The molecule has 0 fully saturated rings. The number of rotatable bonds is 19. The van der Waals surface area contributed by atoms with Crippen LogP contribution < -0.4 is 16.0 Å². The fourth-order valence-electron chi connectivity index (χ4n) is 5.07. The first kappa shape index (κ1) is 50.1. The molecule has 1 aromatic rings. The first-order valence-electron chi connectivity index (χ1n) is 19.4. The minimum atomic E-state index is -1.20. The molecule has 15 heteroatoms. The molecule has 318 valence electrons. The van der Waals surface area contributed by atoms with Crippen LogP contribution in [0.3, 0.4) is 0 Å². The van der Waals surface area contributed by atoms with Crippen LogP contribution in [0.25, 0.3) is 0 Å². The summed E-state index contributed by atoms with van der Waals surface area (Å²) in [5.41, 5.74) is -2.07. The van der Waals surface area contributed by atoms with Gasteiger partial charge in [-0.3, -0.25) is 9.59 Å². The summed E-state index contributed by atoms with van der Waals surface area (Å²) in [5, 5.41) is 7.95. The van der Waals surface area contributed by atoms with Crippen LogP contribution in [0.15, 0.2) is 28.7 Å². The summed E-state index contributed by atoms with van der Waals surface area (Å²) in [6, 6.07) is 4.61. The molecule has 0 radical (unpaired) electrons. The van der Waals surface area contributed by atoms with Crippen molar-refractivity contribution in [2.24, 2.45) is 0 Å². The highest BCUT2D eigenvalue weighted by molar-refractivity contribution is 9.10. The molecule has 4 amide bonds. The summed E-state index contributed by atoms with van der Waals surface area (Å²) in [5.74, 6) is -1.98. The van der Waals surface area contributed by atoms with Crippen molar-refractivity contribution >= 4 is 51.9 Å². The Morgan fingerprint density at radius 3 is 1.62 bits per heavy atom. The molecule has 1 rings (SSSR count). The van der Waals surface area contributed by atoms with Crippen LogP contribution in [0.5, 0.6) is 0 Å². The Kier molecular flexibility index (Phi) is 20.4. The molecule has 0 saturated heterocycles. The molecule has 0 aliphatic heterocycles. The molecule has 0 spiro atoms. The van der Waals surface area contributed by atoms with E-state index in [0.717, 1.165) is 10.0 Å². The number of hydrogen-bond acceptors (Lipinski definition) is 10. The van der Waals surface area contributed by atoms with Gasteiger partial charge >= 0.3 is 30.0 Å². The molecule has 0 aliphatic rings. The minimum Gasteiger partial charge on any atom is -0.460 e. The monoisotopic (exact) mass is 854 g/mol. The third-order valence-corrected chi connectivity index (χ3v) is 7.87. The highest BCUT2D eigenvalue weighted by atomic mass is 79.9. The average molecular weight is 856 g/mol. The molecular weight excluding hydrogens is 788 g/mol. The summed E-state index contributed by atoms with van der Waals surface area (Å²) < 4.78 is 22.7. The molecule has 0 aromatic heterocycles. The molecule has 0 aliphatic carbocycles. The Hall–Kier alpha value is -3.88. The Bertz CT molecular complexity index is 1440. The number of nitrogens with zero attached hydrogens (tertiary/aromatic N) is 1. The molecule has 1 unspecified atom stereocenters. The van der Waals surface area contributed by atoms with E-state index in [2.05, 4.69) is 31.9 Å². The van der Waals surface area contributed by atoms with Crippen molar-refractivity contribution in [2.75, 3.05) is 13.1 Å². The second-order valence-electron chi connectivity index (χ2n) is 17.7. The highest BCUT2D eigenvalue weighted by Crippen LogP contribution is 2.18. The third kappa shape index (κ3) is 24.6. The lowest BCUT2D eigenvalue weighted by Crippen LogP contribution is -2.53. The van der Waals surface area contributed by atoms with Gasteiger partial charge in [-0.05, 0) is 139 Å². The standard InChI is InChI=1S/C41H67BrN4O10/c1-38(2,3)53-33(48)24-23-31(35(50)55-40(7,8)9)45-36(51)44-30(34(49)54-39(4,5)6)17-14-16-26-46(27-28-19-21-29(42)22-20-28)32(47)18-13-15-25-43-37(52)56-41(10,11)12/h19-22,30-31H,13-18,23-27H2,1-12H3,(H,43,52)(H2,44,45,51)/t30-,31?/m0/s1. The number of halogens is 1. The molecule has 3 N–H and O–H groups in total. The highest BCUT2D eigenvalue weighted by Gasteiger charge is 2.31. The van der Waals surface area contributed by atoms with Crippen molar-refractivity contribution in [1.82, 2.24) is 20.9 Å². The van der Waals surface area contributed by atoms with Gasteiger partial charge in [0.1, 0.15) is 34.5 Å². The predicted molar refractivity (Wildman–Crippen MR) is 218 cm³/mol. The maximum atomic E-state index is 13.4. The largest absolute Gasteiger partial charge is 0.460 e. The fraction of sp³-hybridized carbons (Fsp3) is 0.707. The molecule has 0 bridgehead atoms. The lowest BCUT2D eigenvalue weighted by molar-refractivity contribution is -0.159. The van der Waals surface area contributed by atoms with Crippen molar-refractivity contribution in [2.45, 2.75) is 175 Å². The molecular formula is C41H67BrN4O10. The topological polar surface area (TPSA) is 179 Å². The van der Waals surface area contributed by atoms with E-state index in [9.17, 15) is 28.8 Å². The van der Waals surface area contributed by atoms with Gasteiger partial charge < -0.3 is 39.8 Å². The van der Waals surface area contributed by atoms with E-state index in [1.54, 1.807) is 88.0 Å². The van der Waals surface area contributed by atoms with Gasteiger partial charge in [-0.25, -0.2) is 19.2 Å². The number of benzene rings is 1. The third-order valence-electron chi connectivity index (χ3n) is 7.35. The van der Waals surface area contributed by atoms with E-state index >= 15 is 0 Å². The lowest BCUT2D eigenvalue weighted by atomic mass is 10.1. The first-order valence-corrected chi connectivity index (χ1v) is 20.2. The van der Waals surface area contributed by atoms with E-state index < -0.39 is 64.5 Å². The molecule has 14 nitrogen and oxygen atoms in total. The van der Waals surface area contributed by atoms with Gasteiger partial charge in [0, 0.05) is 36.9 Å². The second kappa shape index (κ2) is 22.8. The van der Waals surface area contributed by atoms with Gasteiger partial charge in [0.15, 0.2) is 0 Å². The SMILES string of the molecule is CC(C)(C)OC(=O)CCC(NC(=O)N[C@@H](CCCCN(Cc1ccc(Br)cc1)C(=O)CCCCNC(=O)OC(C)(C)C)C(=O)OC(C)(C)C)C(=O)OC(C)(C)C. The Morgan fingerprint density at radius 1 is 0.625 bits per heavy atom. The van der Waals surface area contributed by atoms with E-state index in [0.29, 0.717) is 45.3 Å². The van der Waals surface area contributed by atoms with Crippen molar-refractivity contribution in [1.29, 1.82) is 0 Å². The van der Waals surface area contributed by atoms with Crippen LogP contribution in [-0.2, 0) is 44.7 Å². The van der Waals surface area contributed by atoms with Crippen LogP contribution in [0, 0.1) is 0 Å². The second-order valence-corrected chi connectivity index (χ2v) is 18.7. The molecule has 2 atom stereocenters. The van der Waals surface area contributed by atoms with E-state index in [1.807, 2.05) is 24.3 Å². The summed E-state index contributed by atoms with van der Waals surface area (Å²) in [4.78, 5) is 79.3. The maximum absolute atomic E-state index is 13.4. The quantitative estimate of drug-likeness (QED) is 0.0718. The maximum Gasteiger partial charge on any atom is 0.407 e. The zero-order valence-electron chi connectivity index (χ0n) is 35.6. The smallest absolute Gasteiger partial charge is 0.407 e. The van der Waals surface area contributed by atoms with Crippen LogP contribution in [-0.4, -0.2) is 88.4 Å². The average Bonchev–Trinajstić information content (AvgIpc) is 3.01. The number of esters is 3. The van der Waals surface area contributed by atoms with E-state index in [-0.39, 0.29) is 31.6 Å². The Labute approximate surface area is 342 Å². The Morgan fingerprint density at radius 2 is 1.12 bits per heavy atom. The summed E-state index contributed by atoms with van der Waals surface area (Å²) in [6.07, 6.45) is 1.84. The number of hydrogen-bond donors (Lipinski definition) is 3. The van der Waals surface area contributed by atoms with Gasteiger partial charge in [0.2, 0.25) is 5.91 Å². The van der Waals surface area contributed by atoms with Crippen molar-refractivity contribution in [3.05, 3.63) is 34.3 Å². The number of alkyl carbamates (subject to hydrolysis) is 1. The number of unbranched alkanes of at least 4 members (excludes halogenated alkanes) is 2. The summed E-state index contributed by atoms with van der Waals surface area (Å²) in [6.45, 7) is 21.9. The summed E-state index contributed by atoms with van der Waals surface area (Å²) >= 11 is 3.45. The van der Waals surface area contributed by atoms with E-state index in [4.69, 9.17) is 18.9 Å². The predicted octanol–water partition coefficient (Wildman–Crippen LogP) is 7.48. The lowest BCUT2D eigenvalue weighted by Gasteiger charge is -2.27. The number of ether oxygens (including phenoxy) is 4. The van der Waals surface area contributed by atoms with E-state index in [1.165, 1.54) is 0 Å². The van der Waals surface area contributed by atoms with Gasteiger partial charge in [-0.1, -0.05) is 28.1 Å². The van der Waals surface area contributed by atoms with Crippen LogP contribution >= 0.6 is 15.9 Å². The molecule has 0 saturated carbocycles. The number of urea groups is 1. The van der Waals surface area contributed by atoms with Gasteiger partial charge in [0.25, 0.3) is 0 Å². The van der Waals surface area contributed by atoms with Crippen molar-refractivity contribution in [3.63, 3.8) is 0 Å². The summed E-state index contributed by atoms with van der Waals surface area (Å²) in [7, 11) is 0. The van der Waals surface area contributed by atoms with Gasteiger partial charge in [-0.2, -0.15) is 0 Å². The normalized spacial score (nSPS) is 13.1. The van der Waals surface area contributed by atoms with Gasteiger partial charge in [0.05, 0.1) is 0 Å². The van der Waals surface area contributed by atoms with Crippen molar-refractivity contribution < 1.29 is 47.7 Å². The number of nitrogens with one attached hydrogen (secondary N) is 3. The zero-order valence-corrected chi connectivity index (χ0v) is 37.2. The van der Waals surface area contributed by atoms with Crippen LogP contribution in [0.2, 0.25) is 0 Å². The van der Waals surface area contributed by atoms with Crippen molar-refractivity contribution in [3.8, 4) is 0 Å². The zero-order chi connectivity index (χ0) is 42.9. The van der Waals surface area contributed by atoms with Crippen LogP contribution in [0.4, 0.5) is 9.59 Å². The molecule has 0 heterocycles. The number of carbonyl (C=O) groups is 6. The molecule has 56 heavy (non-hydrogen) atoms. The van der Waals surface area contributed by atoms with Gasteiger partial charge in [-0.15, -0.1) is 0 Å². The Balaban J connectivity index is 3.01.